The number of amides is 5. The van der Waals surface area contributed by atoms with Gasteiger partial charge in [-0.25, -0.2) is 4.39 Å². The van der Waals surface area contributed by atoms with E-state index in [1.54, 1.807) is 25.1 Å². The number of hydrogen-bond acceptors (Lipinski definition) is 7. The number of rotatable bonds is 8. The maximum Gasteiger partial charge on any atom is 0.255 e. The zero-order chi connectivity index (χ0) is 34.7. The van der Waals surface area contributed by atoms with Crippen molar-refractivity contribution in [3.05, 3.63) is 59.9 Å². The topological polar surface area (TPSA) is 155 Å². The van der Waals surface area contributed by atoms with E-state index >= 15 is 0 Å². The van der Waals surface area contributed by atoms with Crippen LogP contribution in [-0.4, -0.2) is 85.4 Å². The molecule has 47 heavy (non-hydrogen) atoms. The predicted molar refractivity (Wildman–Crippen MR) is 173 cm³/mol. The number of fused-ring (bicyclic) bond motifs is 1. The zero-order valence-corrected chi connectivity index (χ0v) is 27.8. The van der Waals surface area contributed by atoms with E-state index in [2.05, 4.69) is 21.3 Å². The second-order valence-electron chi connectivity index (χ2n) is 12.4. The number of carbonyl (C=O) groups is 5. The molecule has 0 saturated heterocycles. The number of nitrogens with one attached hydrogen (secondary N) is 4. The van der Waals surface area contributed by atoms with E-state index in [1.165, 1.54) is 42.3 Å². The quantitative estimate of drug-likeness (QED) is 0.319. The molecule has 2 aromatic rings. The number of hydrogen-bond donors (Lipinski definition) is 4. The number of para-hydroxylation sites is 1. The Bertz CT molecular complexity index is 1400. The minimum atomic E-state index is -1.32. The van der Waals surface area contributed by atoms with E-state index in [-0.39, 0.29) is 42.9 Å². The lowest BCUT2D eigenvalue weighted by Crippen LogP contribution is -2.57. The van der Waals surface area contributed by atoms with Crippen LogP contribution in [0.2, 0.25) is 0 Å². The minimum absolute atomic E-state index is 0.00927. The van der Waals surface area contributed by atoms with Gasteiger partial charge in [-0.2, -0.15) is 0 Å². The highest BCUT2D eigenvalue weighted by molar-refractivity contribution is 6.01. The maximum atomic E-state index is 13.7. The van der Waals surface area contributed by atoms with E-state index in [4.69, 9.17) is 9.47 Å². The number of carbonyl (C=O) groups excluding carboxylic acids is 5. The summed E-state index contributed by atoms with van der Waals surface area (Å²) < 4.78 is 24.6. The van der Waals surface area contributed by atoms with Gasteiger partial charge in [0.25, 0.3) is 5.91 Å². The molecule has 0 radical (unpaired) electrons. The molecule has 1 heterocycles. The van der Waals surface area contributed by atoms with Crippen molar-refractivity contribution >= 4 is 29.5 Å². The molecule has 13 heteroatoms. The summed E-state index contributed by atoms with van der Waals surface area (Å²) in [4.78, 5) is 68.8. The van der Waals surface area contributed by atoms with Crippen molar-refractivity contribution in [1.29, 1.82) is 0 Å². The predicted octanol–water partition coefficient (Wildman–Crippen LogP) is 2.42. The average molecular weight is 656 g/mol. The molecule has 0 bridgehead atoms. The van der Waals surface area contributed by atoms with E-state index in [0.717, 1.165) is 0 Å². The van der Waals surface area contributed by atoms with Crippen molar-refractivity contribution in [2.24, 2.45) is 11.8 Å². The highest BCUT2D eigenvalue weighted by atomic mass is 19.1. The molecule has 0 unspecified atom stereocenters. The molecular weight excluding hydrogens is 609 g/mol. The molecule has 4 N–H and O–H groups in total. The summed E-state index contributed by atoms with van der Waals surface area (Å²) in [5.74, 6) is -2.83. The summed E-state index contributed by atoms with van der Waals surface area (Å²) in [5.41, 5.74) is 0.128. The van der Waals surface area contributed by atoms with Crippen LogP contribution in [0.3, 0.4) is 0 Å². The first-order valence-electron chi connectivity index (χ1n) is 15.8. The Morgan fingerprint density at radius 1 is 1.00 bits per heavy atom. The minimum Gasteiger partial charge on any atom is -0.492 e. The normalized spacial score (nSPS) is 21.6. The standard InChI is InChI=1S/C34H46FN5O7/c1-20(2)17-27-33(44)39-30(21(3)4)34(45)37-22(5)19-47-28-10-8-7-9-25(28)31(42)38-26(18-29(41)40(27)6)32(43)36-15-16-46-24-13-11-23(35)12-14-24/h7-14,20-22,26-27,30H,15-19H2,1-6H3,(H,36,43)(H,37,45)(H,38,42)(H,39,44)/t22-,26-,27-,30+/m0/s1. The molecule has 4 atom stereocenters. The Morgan fingerprint density at radius 3 is 2.34 bits per heavy atom. The Kier molecular flexibility index (Phi) is 13.5. The van der Waals surface area contributed by atoms with Gasteiger partial charge in [-0.15, -0.1) is 0 Å². The SMILES string of the molecule is CC(C)C[C@H]1C(=O)N[C@H](C(C)C)C(=O)N[C@@H](C)COc2ccccc2C(=O)N[C@H](C(=O)NCCOc2ccc(F)cc2)CC(=O)N1C. The van der Waals surface area contributed by atoms with Crippen LogP contribution in [0.25, 0.3) is 0 Å². The first kappa shape index (κ1) is 36.8. The van der Waals surface area contributed by atoms with Crippen LogP contribution in [0, 0.1) is 17.7 Å². The van der Waals surface area contributed by atoms with Gasteiger partial charge in [0, 0.05) is 7.05 Å². The van der Waals surface area contributed by atoms with E-state index in [9.17, 15) is 28.4 Å². The highest BCUT2D eigenvalue weighted by Crippen LogP contribution is 2.20. The molecule has 0 saturated carbocycles. The molecule has 0 fully saturated rings. The number of ether oxygens (including phenoxy) is 2. The molecule has 5 amide bonds. The average Bonchev–Trinajstić information content (AvgIpc) is 3.02. The Labute approximate surface area is 275 Å². The molecule has 3 rings (SSSR count). The largest absolute Gasteiger partial charge is 0.492 e. The van der Waals surface area contributed by atoms with Gasteiger partial charge in [0.1, 0.15) is 48.7 Å². The fourth-order valence-corrected chi connectivity index (χ4v) is 4.98. The summed E-state index contributed by atoms with van der Waals surface area (Å²) in [5, 5.41) is 11.0. The first-order valence-corrected chi connectivity index (χ1v) is 15.8. The van der Waals surface area contributed by atoms with Gasteiger partial charge in [-0.1, -0.05) is 39.8 Å². The number of nitrogens with zero attached hydrogens (tertiary/aromatic N) is 1. The van der Waals surface area contributed by atoms with Crippen molar-refractivity contribution < 1.29 is 37.8 Å². The lowest BCUT2D eigenvalue weighted by atomic mass is 9.98. The molecule has 0 aliphatic carbocycles. The van der Waals surface area contributed by atoms with E-state index in [1.807, 2.05) is 27.7 Å². The van der Waals surface area contributed by atoms with Crippen molar-refractivity contribution in [3.8, 4) is 11.5 Å². The second kappa shape index (κ2) is 17.3. The Morgan fingerprint density at radius 2 is 1.68 bits per heavy atom. The third kappa shape index (κ3) is 11.0. The Balaban J connectivity index is 1.91. The van der Waals surface area contributed by atoms with Crippen LogP contribution in [0.1, 0.15) is 57.8 Å². The molecule has 1 aliphatic rings. The maximum absolute atomic E-state index is 13.7. The van der Waals surface area contributed by atoms with Crippen LogP contribution in [0.15, 0.2) is 48.5 Å². The molecular formula is C34H46FN5O7. The van der Waals surface area contributed by atoms with Crippen LogP contribution >= 0.6 is 0 Å². The van der Waals surface area contributed by atoms with Gasteiger partial charge < -0.3 is 35.6 Å². The molecule has 256 valence electrons. The summed E-state index contributed by atoms with van der Waals surface area (Å²) in [6, 6.07) is 8.20. The van der Waals surface area contributed by atoms with E-state index < -0.39 is 65.9 Å². The van der Waals surface area contributed by atoms with Crippen LogP contribution in [0.5, 0.6) is 11.5 Å². The molecule has 0 aromatic heterocycles. The molecule has 0 spiro atoms. The third-order valence-corrected chi connectivity index (χ3v) is 7.60. The van der Waals surface area contributed by atoms with Gasteiger partial charge in [-0.05, 0) is 61.6 Å². The van der Waals surface area contributed by atoms with Crippen molar-refractivity contribution in [2.45, 2.75) is 71.6 Å². The summed E-state index contributed by atoms with van der Waals surface area (Å²) in [6.45, 7) is 9.26. The molecule has 12 nitrogen and oxygen atoms in total. The lowest BCUT2D eigenvalue weighted by Gasteiger charge is -2.32. The number of likely N-dealkylation sites (N-methyl/N-ethyl adjacent to an activating group) is 1. The number of halogens is 1. The summed E-state index contributed by atoms with van der Waals surface area (Å²) >= 11 is 0. The van der Waals surface area contributed by atoms with Crippen molar-refractivity contribution in [3.63, 3.8) is 0 Å². The summed E-state index contributed by atoms with van der Waals surface area (Å²) in [7, 11) is 1.46. The van der Waals surface area contributed by atoms with Crippen LogP contribution < -0.4 is 30.7 Å². The summed E-state index contributed by atoms with van der Waals surface area (Å²) in [6.07, 6.45) is -0.162. The monoisotopic (exact) mass is 655 g/mol. The van der Waals surface area contributed by atoms with Crippen LogP contribution in [-0.2, 0) is 19.2 Å². The lowest BCUT2D eigenvalue weighted by molar-refractivity contribution is -0.142. The van der Waals surface area contributed by atoms with E-state index in [0.29, 0.717) is 12.2 Å². The zero-order valence-electron chi connectivity index (χ0n) is 27.8. The smallest absolute Gasteiger partial charge is 0.255 e. The van der Waals surface area contributed by atoms with Gasteiger partial charge in [0.05, 0.1) is 24.6 Å². The second-order valence-corrected chi connectivity index (χ2v) is 12.4. The van der Waals surface area contributed by atoms with Crippen molar-refractivity contribution in [1.82, 2.24) is 26.2 Å². The first-order chi connectivity index (χ1) is 22.3. The van der Waals surface area contributed by atoms with Crippen LogP contribution in [0.4, 0.5) is 4.39 Å². The van der Waals surface area contributed by atoms with Gasteiger partial charge in [0.15, 0.2) is 0 Å². The highest BCUT2D eigenvalue weighted by Gasteiger charge is 2.35. The molecule has 2 aromatic carbocycles. The fraction of sp³-hybridized carbons (Fsp3) is 0.500. The van der Waals surface area contributed by atoms with Gasteiger partial charge in [0.2, 0.25) is 23.6 Å². The van der Waals surface area contributed by atoms with Crippen molar-refractivity contribution in [2.75, 3.05) is 26.8 Å². The van der Waals surface area contributed by atoms with Gasteiger partial charge in [-0.3, -0.25) is 24.0 Å². The Hall–Kier alpha value is -4.68. The third-order valence-electron chi connectivity index (χ3n) is 7.60. The fourth-order valence-electron chi connectivity index (χ4n) is 4.98. The molecule has 1 aliphatic heterocycles. The number of benzene rings is 2. The van der Waals surface area contributed by atoms with Gasteiger partial charge >= 0.3 is 0 Å².